The summed E-state index contributed by atoms with van der Waals surface area (Å²) < 4.78 is 6.70. The molecule has 0 unspecified atom stereocenters. The van der Waals surface area contributed by atoms with Gasteiger partial charge in [0.1, 0.15) is 11.9 Å². The average Bonchev–Trinajstić information content (AvgIpc) is 2.89. The third-order valence-corrected chi connectivity index (χ3v) is 3.53. The Balaban J connectivity index is 2.18. The van der Waals surface area contributed by atoms with Crippen LogP contribution >= 0.6 is 0 Å². The van der Waals surface area contributed by atoms with Crippen molar-refractivity contribution in [3.05, 3.63) is 51.3 Å². The zero-order valence-corrected chi connectivity index (χ0v) is 13.9. The highest BCUT2D eigenvalue weighted by molar-refractivity contribution is 5.89. The fourth-order valence-electron chi connectivity index (χ4n) is 2.18. The van der Waals surface area contributed by atoms with Crippen molar-refractivity contribution in [2.75, 3.05) is 0 Å². The Hall–Kier alpha value is -2.90. The zero-order chi connectivity index (χ0) is 18.1. The van der Waals surface area contributed by atoms with Gasteiger partial charge in [0, 0.05) is 0 Å². The molecule has 0 aliphatic rings. The second-order valence-electron chi connectivity index (χ2n) is 6.47. The smallest absolute Gasteiger partial charge is 0.363 e. The molecule has 0 bridgehead atoms. The number of ether oxygens (including phenoxy) is 1. The lowest BCUT2D eigenvalue weighted by Gasteiger charge is -2.20. The Labute approximate surface area is 138 Å². The van der Waals surface area contributed by atoms with Crippen molar-refractivity contribution in [3.8, 4) is 5.75 Å². The predicted octanol–water partition coefficient (Wildman–Crippen LogP) is 3.13. The molecule has 24 heavy (non-hydrogen) atoms. The van der Waals surface area contributed by atoms with Crippen LogP contribution < -0.4 is 4.74 Å². The minimum Gasteiger partial charge on any atom is -0.476 e. The normalized spacial score (nSPS) is 11.3. The van der Waals surface area contributed by atoms with Gasteiger partial charge < -0.3 is 9.84 Å². The number of carboxylic acids is 1. The highest BCUT2D eigenvalue weighted by atomic mass is 16.6. The van der Waals surface area contributed by atoms with Gasteiger partial charge in [-0.05, 0) is 29.5 Å². The largest absolute Gasteiger partial charge is 0.476 e. The molecule has 8 heteroatoms. The number of aromatic nitrogens is 2. The topological polar surface area (TPSA) is 107 Å². The monoisotopic (exact) mass is 333 g/mol. The van der Waals surface area contributed by atoms with Gasteiger partial charge in [-0.25, -0.2) is 9.48 Å². The van der Waals surface area contributed by atoms with Crippen LogP contribution in [0.15, 0.2) is 24.4 Å². The second kappa shape index (κ2) is 6.31. The number of nitrogens with zero attached hydrogens (tertiary/aromatic N) is 3. The average molecular weight is 333 g/mol. The minimum absolute atomic E-state index is 0.0161. The number of carbonyl (C=O) groups is 1. The summed E-state index contributed by atoms with van der Waals surface area (Å²) in [7, 11) is 0. The van der Waals surface area contributed by atoms with E-state index < -0.39 is 22.3 Å². The number of benzene rings is 1. The molecule has 0 aliphatic heterocycles. The number of aryl methyl sites for hydroxylation is 1. The predicted molar refractivity (Wildman–Crippen MR) is 86.3 cm³/mol. The van der Waals surface area contributed by atoms with Gasteiger partial charge in [-0.1, -0.05) is 32.9 Å². The van der Waals surface area contributed by atoms with E-state index in [9.17, 15) is 14.9 Å². The quantitative estimate of drug-likeness (QED) is 0.665. The molecule has 2 aromatic rings. The molecule has 0 saturated carbocycles. The van der Waals surface area contributed by atoms with Gasteiger partial charge in [0.05, 0.1) is 4.92 Å². The van der Waals surface area contributed by atoms with Crippen molar-refractivity contribution in [1.29, 1.82) is 0 Å². The summed E-state index contributed by atoms with van der Waals surface area (Å²) in [6, 6.07) is 5.80. The van der Waals surface area contributed by atoms with Crippen LogP contribution in [0, 0.1) is 17.0 Å². The number of rotatable bonds is 5. The fourth-order valence-corrected chi connectivity index (χ4v) is 2.18. The number of hydrogen-bond acceptors (Lipinski definition) is 5. The van der Waals surface area contributed by atoms with E-state index in [0.29, 0.717) is 5.75 Å². The first-order valence-corrected chi connectivity index (χ1v) is 7.28. The van der Waals surface area contributed by atoms with E-state index in [1.54, 1.807) is 0 Å². The maximum Gasteiger partial charge on any atom is 0.363 e. The first-order chi connectivity index (χ1) is 11.1. The summed E-state index contributed by atoms with van der Waals surface area (Å²) in [6.45, 7) is 8.11. The summed E-state index contributed by atoms with van der Waals surface area (Å²) in [5.74, 6) is -0.843. The molecule has 0 fully saturated rings. The molecule has 1 heterocycles. The Bertz CT molecular complexity index is 758. The lowest BCUT2D eigenvalue weighted by atomic mass is 9.86. The molecule has 1 aromatic heterocycles. The molecule has 0 radical (unpaired) electrons. The van der Waals surface area contributed by atoms with E-state index in [1.165, 1.54) is 0 Å². The Morgan fingerprint density at radius 2 is 2.08 bits per heavy atom. The van der Waals surface area contributed by atoms with Gasteiger partial charge in [-0.15, -0.1) is 0 Å². The molecule has 0 amide bonds. The lowest BCUT2D eigenvalue weighted by Crippen LogP contribution is -2.12. The van der Waals surface area contributed by atoms with Crippen LogP contribution in [0.2, 0.25) is 0 Å². The van der Waals surface area contributed by atoms with E-state index in [2.05, 4.69) is 25.9 Å². The molecule has 2 rings (SSSR count). The molecular weight excluding hydrogens is 314 g/mol. The SMILES string of the molecule is Cc1cc(C(C)(C)C)ccc1OCn1cc([N+](=O)[O-])c(C(=O)O)n1. The Morgan fingerprint density at radius 1 is 1.42 bits per heavy atom. The van der Waals surface area contributed by atoms with E-state index in [-0.39, 0.29) is 12.1 Å². The minimum atomic E-state index is -1.45. The summed E-state index contributed by atoms with van der Waals surface area (Å²) in [4.78, 5) is 21.0. The Kier molecular flexibility index (Phi) is 4.59. The number of nitro groups is 1. The first-order valence-electron chi connectivity index (χ1n) is 7.28. The first kappa shape index (κ1) is 17.5. The van der Waals surface area contributed by atoms with Gasteiger partial charge in [-0.2, -0.15) is 5.10 Å². The molecule has 1 aromatic carbocycles. The molecule has 8 nitrogen and oxygen atoms in total. The molecule has 0 atom stereocenters. The van der Waals surface area contributed by atoms with Crippen LogP contribution in [-0.4, -0.2) is 25.8 Å². The lowest BCUT2D eigenvalue weighted by molar-refractivity contribution is -0.385. The standard InChI is InChI=1S/C16H19N3O5/c1-10-7-11(16(2,3)4)5-6-13(10)24-9-18-8-12(19(22)23)14(17-18)15(20)21/h5-8H,9H2,1-4H3,(H,20,21). The summed E-state index contributed by atoms with van der Waals surface area (Å²) in [5.41, 5.74) is 0.925. The third-order valence-electron chi connectivity index (χ3n) is 3.53. The molecule has 128 valence electrons. The van der Waals surface area contributed by atoms with Crippen LogP contribution in [0.25, 0.3) is 0 Å². The van der Waals surface area contributed by atoms with Gasteiger partial charge >= 0.3 is 11.7 Å². The summed E-state index contributed by atoms with van der Waals surface area (Å²) in [6.07, 6.45) is 1.04. The van der Waals surface area contributed by atoms with Crippen LogP contribution in [0.1, 0.15) is 42.4 Å². The van der Waals surface area contributed by atoms with Crippen molar-refractivity contribution < 1.29 is 19.6 Å². The number of aromatic carboxylic acids is 1. The van der Waals surface area contributed by atoms with Crippen LogP contribution in [0.3, 0.4) is 0 Å². The fraction of sp³-hybridized carbons (Fsp3) is 0.375. The van der Waals surface area contributed by atoms with Gasteiger partial charge in [0.25, 0.3) is 0 Å². The van der Waals surface area contributed by atoms with Gasteiger partial charge in [0.15, 0.2) is 6.73 Å². The highest BCUT2D eigenvalue weighted by Gasteiger charge is 2.25. The van der Waals surface area contributed by atoms with Crippen LogP contribution in [0.5, 0.6) is 5.75 Å². The van der Waals surface area contributed by atoms with Crippen LogP contribution in [-0.2, 0) is 12.1 Å². The van der Waals surface area contributed by atoms with Gasteiger partial charge in [0.2, 0.25) is 5.69 Å². The molecule has 0 aliphatic carbocycles. The molecule has 1 N–H and O–H groups in total. The maximum absolute atomic E-state index is 11.0. The van der Waals surface area contributed by atoms with Gasteiger partial charge in [-0.3, -0.25) is 10.1 Å². The third kappa shape index (κ3) is 3.70. The van der Waals surface area contributed by atoms with E-state index in [4.69, 9.17) is 9.84 Å². The summed E-state index contributed by atoms with van der Waals surface area (Å²) >= 11 is 0. The Morgan fingerprint density at radius 3 is 2.54 bits per heavy atom. The highest BCUT2D eigenvalue weighted by Crippen LogP contribution is 2.27. The van der Waals surface area contributed by atoms with Crippen molar-refractivity contribution in [3.63, 3.8) is 0 Å². The van der Waals surface area contributed by atoms with Crippen LogP contribution in [0.4, 0.5) is 5.69 Å². The summed E-state index contributed by atoms with van der Waals surface area (Å²) in [5, 5.41) is 23.5. The molecule has 0 saturated heterocycles. The van der Waals surface area contributed by atoms with Crippen molar-refractivity contribution in [2.45, 2.75) is 39.8 Å². The van der Waals surface area contributed by atoms with Crippen molar-refractivity contribution in [1.82, 2.24) is 9.78 Å². The number of carboxylic acid groups (broad SMARTS) is 1. The van der Waals surface area contributed by atoms with E-state index in [1.807, 2.05) is 25.1 Å². The van der Waals surface area contributed by atoms with Crippen molar-refractivity contribution in [2.24, 2.45) is 0 Å². The van der Waals surface area contributed by atoms with E-state index in [0.717, 1.165) is 22.0 Å². The molecular formula is C16H19N3O5. The maximum atomic E-state index is 11.0. The van der Waals surface area contributed by atoms with Crippen molar-refractivity contribution >= 4 is 11.7 Å². The second-order valence-corrected chi connectivity index (χ2v) is 6.47. The molecule has 0 spiro atoms. The van der Waals surface area contributed by atoms with E-state index >= 15 is 0 Å². The zero-order valence-electron chi connectivity index (χ0n) is 13.9. The number of hydrogen-bond donors (Lipinski definition) is 1.